The van der Waals surface area contributed by atoms with E-state index in [0.29, 0.717) is 18.4 Å². The number of nitrogens with one attached hydrogen (secondary N) is 1. The molecule has 0 aliphatic carbocycles. The van der Waals surface area contributed by atoms with Gasteiger partial charge in [0.1, 0.15) is 6.26 Å². The average Bonchev–Trinajstić information content (AvgIpc) is 2.94. The largest absolute Gasteiger partial charge is 0.446 e. The Labute approximate surface area is 138 Å². The van der Waals surface area contributed by atoms with Gasteiger partial charge in [0.05, 0.1) is 6.04 Å². The number of aromatic nitrogens is 1. The molecule has 1 heterocycles. The summed E-state index contributed by atoms with van der Waals surface area (Å²) in [5.74, 6) is 0.573. The number of hydrogen-bond acceptors (Lipinski definition) is 4. The molecule has 22 heavy (non-hydrogen) atoms. The van der Waals surface area contributed by atoms with Crippen molar-refractivity contribution in [1.29, 1.82) is 0 Å². The van der Waals surface area contributed by atoms with Crippen LogP contribution >= 0.6 is 15.9 Å². The predicted molar refractivity (Wildman–Crippen MR) is 88.2 cm³/mol. The summed E-state index contributed by atoms with van der Waals surface area (Å²) in [5, 5.41) is 2.81. The number of nitrogens with two attached hydrogens (primary N) is 1. The monoisotopic (exact) mass is 365 g/mol. The van der Waals surface area contributed by atoms with Crippen molar-refractivity contribution in [2.45, 2.75) is 32.9 Å². The summed E-state index contributed by atoms with van der Waals surface area (Å²) in [6, 6.07) is 7.47. The normalized spacial score (nSPS) is 12.4. The second-order valence-electron chi connectivity index (χ2n) is 5.62. The fraction of sp³-hybridized carbons (Fsp3) is 0.375. The molecule has 0 saturated carbocycles. The lowest BCUT2D eigenvalue weighted by Crippen LogP contribution is -2.23. The van der Waals surface area contributed by atoms with Crippen LogP contribution in [0.2, 0.25) is 0 Å². The van der Waals surface area contributed by atoms with Crippen molar-refractivity contribution in [2.75, 3.05) is 0 Å². The van der Waals surface area contributed by atoms with Crippen molar-refractivity contribution >= 4 is 21.8 Å². The van der Waals surface area contributed by atoms with Crippen LogP contribution < -0.4 is 11.1 Å². The number of nitrogens with zero attached hydrogens (tertiary/aromatic N) is 1. The molecule has 0 radical (unpaired) electrons. The number of oxazole rings is 1. The average molecular weight is 366 g/mol. The summed E-state index contributed by atoms with van der Waals surface area (Å²) < 4.78 is 6.29. The number of amides is 1. The molecule has 1 aromatic carbocycles. The summed E-state index contributed by atoms with van der Waals surface area (Å²) in [7, 11) is 0. The molecule has 0 bridgehead atoms. The molecule has 6 heteroatoms. The zero-order valence-electron chi connectivity index (χ0n) is 12.7. The second kappa shape index (κ2) is 7.56. The molecule has 3 N–H and O–H groups in total. The number of benzene rings is 1. The minimum atomic E-state index is -0.286. The first-order valence-electron chi connectivity index (χ1n) is 7.19. The predicted octanol–water partition coefficient (Wildman–Crippen LogP) is 3.41. The molecular weight excluding hydrogens is 346 g/mol. The third kappa shape index (κ3) is 4.68. The Kier molecular flexibility index (Phi) is 5.74. The Balaban J connectivity index is 1.94. The molecule has 2 aromatic rings. The highest BCUT2D eigenvalue weighted by molar-refractivity contribution is 9.10. The van der Waals surface area contributed by atoms with Gasteiger partial charge in [-0.25, -0.2) is 4.98 Å². The van der Waals surface area contributed by atoms with Crippen molar-refractivity contribution in [3.8, 4) is 0 Å². The molecule has 0 spiro atoms. The third-order valence-electron chi connectivity index (χ3n) is 3.14. The highest BCUT2D eigenvalue weighted by Crippen LogP contribution is 2.18. The first-order valence-corrected chi connectivity index (χ1v) is 7.98. The van der Waals surface area contributed by atoms with Crippen LogP contribution in [0.15, 0.2) is 39.4 Å². The van der Waals surface area contributed by atoms with E-state index in [0.717, 1.165) is 16.5 Å². The van der Waals surface area contributed by atoms with Crippen LogP contribution in [-0.2, 0) is 6.54 Å². The van der Waals surface area contributed by atoms with E-state index in [9.17, 15) is 4.79 Å². The maximum Gasteiger partial charge on any atom is 0.273 e. The van der Waals surface area contributed by atoms with E-state index in [-0.39, 0.29) is 17.6 Å². The minimum absolute atomic E-state index is 0.254. The van der Waals surface area contributed by atoms with Crippen molar-refractivity contribution in [3.05, 3.63) is 52.1 Å². The van der Waals surface area contributed by atoms with E-state index in [1.807, 2.05) is 24.3 Å². The summed E-state index contributed by atoms with van der Waals surface area (Å²) in [5.41, 5.74) is 7.25. The summed E-state index contributed by atoms with van der Waals surface area (Å²) in [6.07, 6.45) is 2.12. The third-order valence-corrected chi connectivity index (χ3v) is 3.63. The highest BCUT2D eigenvalue weighted by atomic mass is 79.9. The Morgan fingerprint density at radius 3 is 2.91 bits per heavy atom. The fourth-order valence-corrected chi connectivity index (χ4v) is 2.54. The Hall–Kier alpha value is -1.66. The van der Waals surface area contributed by atoms with Gasteiger partial charge in [-0.3, -0.25) is 4.79 Å². The zero-order chi connectivity index (χ0) is 16.1. The van der Waals surface area contributed by atoms with Crippen LogP contribution in [0.1, 0.15) is 48.3 Å². The topological polar surface area (TPSA) is 81.1 Å². The summed E-state index contributed by atoms with van der Waals surface area (Å²) in [6.45, 7) is 4.58. The standard InChI is InChI=1S/C16H20BrN3O2/c1-10(2)6-13(18)16-20-14(9-22-16)15(21)19-8-11-4-3-5-12(17)7-11/h3-5,7,9-10,13H,6,8,18H2,1-2H3,(H,19,21). The molecule has 1 amide bonds. The smallest absolute Gasteiger partial charge is 0.273 e. The van der Waals surface area contributed by atoms with Gasteiger partial charge in [-0.05, 0) is 30.0 Å². The molecule has 0 aliphatic heterocycles. The highest BCUT2D eigenvalue weighted by Gasteiger charge is 2.17. The van der Waals surface area contributed by atoms with Crippen LogP contribution in [0.4, 0.5) is 0 Å². The summed E-state index contributed by atoms with van der Waals surface area (Å²) in [4.78, 5) is 16.3. The van der Waals surface area contributed by atoms with Gasteiger partial charge in [0.25, 0.3) is 5.91 Å². The number of rotatable bonds is 6. The van der Waals surface area contributed by atoms with Crippen LogP contribution in [0.5, 0.6) is 0 Å². The lowest BCUT2D eigenvalue weighted by molar-refractivity contribution is 0.0946. The molecule has 0 aliphatic rings. The van der Waals surface area contributed by atoms with Gasteiger partial charge in [-0.1, -0.05) is 41.9 Å². The van der Waals surface area contributed by atoms with Crippen LogP contribution in [0, 0.1) is 5.92 Å². The summed E-state index contributed by atoms with van der Waals surface area (Å²) >= 11 is 3.40. The second-order valence-corrected chi connectivity index (χ2v) is 6.54. The van der Waals surface area contributed by atoms with Gasteiger partial charge in [-0.15, -0.1) is 0 Å². The number of carbonyl (C=O) groups is 1. The molecule has 0 saturated heterocycles. The Bertz CT molecular complexity index is 640. The van der Waals surface area contributed by atoms with Crippen LogP contribution in [0.3, 0.4) is 0 Å². The SMILES string of the molecule is CC(C)CC(N)c1nc(C(=O)NCc2cccc(Br)c2)co1. The fourth-order valence-electron chi connectivity index (χ4n) is 2.09. The van der Waals surface area contributed by atoms with Gasteiger partial charge in [-0.2, -0.15) is 0 Å². The number of hydrogen-bond donors (Lipinski definition) is 2. The van der Waals surface area contributed by atoms with Gasteiger partial charge in [0.2, 0.25) is 5.89 Å². The van der Waals surface area contributed by atoms with Crippen molar-refractivity contribution in [1.82, 2.24) is 10.3 Å². The van der Waals surface area contributed by atoms with Crippen LogP contribution in [0.25, 0.3) is 0 Å². The minimum Gasteiger partial charge on any atom is -0.446 e. The quantitative estimate of drug-likeness (QED) is 0.821. The van der Waals surface area contributed by atoms with Crippen LogP contribution in [-0.4, -0.2) is 10.9 Å². The van der Waals surface area contributed by atoms with E-state index in [1.54, 1.807) is 0 Å². The molecular formula is C16H20BrN3O2. The molecule has 118 valence electrons. The maximum absolute atomic E-state index is 12.1. The van der Waals surface area contributed by atoms with Gasteiger partial charge < -0.3 is 15.5 Å². The molecule has 2 rings (SSSR count). The van der Waals surface area contributed by atoms with E-state index in [4.69, 9.17) is 10.2 Å². The van der Waals surface area contributed by atoms with Gasteiger partial charge in [0, 0.05) is 11.0 Å². The molecule has 1 unspecified atom stereocenters. The maximum atomic E-state index is 12.1. The Morgan fingerprint density at radius 2 is 2.23 bits per heavy atom. The molecule has 0 fully saturated rings. The van der Waals surface area contributed by atoms with E-state index in [2.05, 4.69) is 40.1 Å². The van der Waals surface area contributed by atoms with E-state index in [1.165, 1.54) is 6.26 Å². The molecule has 1 atom stereocenters. The van der Waals surface area contributed by atoms with Gasteiger partial charge in [0.15, 0.2) is 5.69 Å². The lowest BCUT2D eigenvalue weighted by atomic mass is 10.0. The first kappa shape index (κ1) is 16.7. The Morgan fingerprint density at radius 1 is 1.45 bits per heavy atom. The van der Waals surface area contributed by atoms with Gasteiger partial charge >= 0.3 is 0 Å². The zero-order valence-corrected chi connectivity index (χ0v) is 14.3. The molecule has 1 aromatic heterocycles. The van der Waals surface area contributed by atoms with E-state index < -0.39 is 0 Å². The van der Waals surface area contributed by atoms with Crippen molar-refractivity contribution in [3.63, 3.8) is 0 Å². The molecule has 5 nitrogen and oxygen atoms in total. The lowest BCUT2D eigenvalue weighted by Gasteiger charge is -2.09. The van der Waals surface area contributed by atoms with E-state index >= 15 is 0 Å². The van der Waals surface area contributed by atoms with Crippen molar-refractivity contribution < 1.29 is 9.21 Å². The number of carbonyl (C=O) groups excluding carboxylic acids is 1. The first-order chi connectivity index (χ1) is 10.5. The van der Waals surface area contributed by atoms with Crippen molar-refractivity contribution in [2.24, 2.45) is 11.7 Å². The number of halogens is 1.